The minimum absolute atomic E-state index is 0.00432. The van der Waals surface area contributed by atoms with E-state index in [4.69, 9.17) is 0 Å². The minimum atomic E-state index is -0.369. The molecule has 3 atom stereocenters. The number of rotatable bonds is 5. The van der Waals surface area contributed by atoms with Crippen LogP contribution < -0.4 is 16.0 Å². The highest BCUT2D eigenvalue weighted by atomic mass is 16.2. The number of amides is 1. The summed E-state index contributed by atoms with van der Waals surface area (Å²) in [5, 5.41) is 10.7. The molecular weight excluding hydrogens is 338 g/mol. The Kier molecular flexibility index (Phi) is 5.65. The molecule has 6 nitrogen and oxygen atoms in total. The summed E-state index contributed by atoms with van der Waals surface area (Å²) in [5.41, 5.74) is 4.28. The van der Waals surface area contributed by atoms with Crippen molar-refractivity contribution in [1.82, 2.24) is 20.6 Å². The summed E-state index contributed by atoms with van der Waals surface area (Å²) in [6.45, 7) is 12.6. The smallest absolute Gasteiger partial charge is 0.227 e. The van der Waals surface area contributed by atoms with Crippen LogP contribution in [0.2, 0.25) is 0 Å². The predicted octanol–water partition coefficient (Wildman–Crippen LogP) is 3.41. The minimum Gasteiger partial charge on any atom is -0.323 e. The standard InChI is InChI=1S/C21H31N5O/c1-11(2)7-8-16-14(5)22-21(25-19(16)27)26-20-23-15(6)17-9-12(3)13(4)10-18(17)24-20/h9-11,14,16,21-22H,7-8H2,1-6H3,(H,25,27)(H,23,24,26). The average Bonchev–Trinajstić information content (AvgIpc) is 2.56. The maximum absolute atomic E-state index is 12.5. The summed E-state index contributed by atoms with van der Waals surface area (Å²) in [7, 11) is 0. The lowest BCUT2D eigenvalue weighted by molar-refractivity contribution is -0.129. The number of fused-ring (bicyclic) bond motifs is 1. The number of carbonyl (C=O) groups excluding carboxylic acids is 1. The second-order valence-electron chi connectivity index (χ2n) is 8.21. The maximum atomic E-state index is 12.5. The molecule has 0 bridgehead atoms. The van der Waals surface area contributed by atoms with Crippen LogP contribution in [0.15, 0.2) is 12.1 Å². The van der Waals surface area contributed by atoms with E-state index >= 15 is 0 Å². The van der Waals surface area contributed by atoms with Gasteiger partial charge in [0.15, 0.2) is 6.29 Å². The fourth-order valence-corrected chi connectivity index (χ4v) is 3.60. The molecule has 1 aromatic carbocycles. The second kappa shape index (κ2) is 7.80. The summed E-state index contributed by atoms with van der Waals surface area (Å²) >= 11 is 0. The number of nitrogens with one attached hydrogen (secondary N) is 3. The number of carbonyl (C=O) groups is 1. The number of benzene rings is 1. The highest BCUT2D eigenvalue weighted by Gasteiger charge is 2.33. The Morgan fingerprint density at radius 3 is 2.52 bits per heavy atom. The molecule has 1 saturated heterocycles. The summed E-state index contributed by atoms with van der Waals surface area (Å²) in [6.07, 6.45) is 1.58. The molecule has 1 amide bonds. The number of aromatic nitrogens is 2. The molecule has 27 heavy (non-hydrogen) atoms. The van der Waals surface area contributed by atoms with E-state index in [1.165, 1.54) is 11.1 Å². The third-order valence-electron chi connectivity index (χ3n) is 5.49. The first-order chi connectivity index (χ1) is 12.7. The van der Waals surface area contributed by atoms with Crippen LogP contribution in [0.1, 0.15) is 50.4 Å². The van der Waals surface area contributed by atoms with Crippen LogP contribution in [-0.4, -0.2) is 28.2 Å². The van der Waals surface area contributed by atoms with Crippen LogP contribution in [0.4, 0.5) is 5.95 Å². The Morgan fingerprint density at radius 1 is 1.15 bits per heavy atom. The van der Waals surface area contributed by atoms with Gasteiger partial charge < -0.3 is 10.6 Å². The molecule has 3 rings (SSSR count). The number of nitrogens with zero attached hydrogens (tertiary/aromatic N) is 2. The topological polar surface area (TPSA) is 78.9 Å². The molecule has 0 aliphatic carbocycles. The van der Waals surface area contributed by atoms with E-state index in [1.54, 1.807) is 0 Å². The number of hydrogen-bond acceptors (Lipinski definition) is 5. The van der Waals surface area contributed by atoms with Crippen molar-refractivity contribution < 1.29 is 4.79 Å². The molecule has 0 spiro atoms. The lowest BCUT2D eigenvalue weighted by Gasteiger charge is -2.36. The molecule has 1 fully saturated rings. The first-order valence-electron chi connectivity index (χ1n) is 9.83. The van der Waals surface area contributed by atoms with E-state index < -0.39 is 0 Å². The summed E-state index contributed by atoms with van der Waals surface area (Å²) < 4.78 is 0. The van der Waals surface area contributed by atoms with Gasteiger partial charge in [-0.1, -0.05) is 20.3 Å². The first kappa shape index (κ1) is 19.5. The molecular formula is C21H31N5O. The summed E-state index contributed by atoms with van der Waals surface area (Å²) in [6, 6.07) is 4.31. The zero-order chi connectivity index (χ0) is 19.7. The molecule has 2 heterocycles. The van der Waals surface area contributed by atoms with Crippen molar-refractivity contribution in [3.05, 3.63) is 29.0 Å². The van der Waals surface area contributed by atoms with Gasteiger partial charge in [-0.25, -0.2) is 9.97 Å². The Bertz CT molecular complexity index is 848. The molecule has 2 aromatic rings. The van der Waals surface area contributed by atoms with Gasteiger partial charge in [0.2, 0.25) is 11.9 Å². The molecule has 3 N–H and O–H groups in total. The van der Waals surface area contributed by atoms with Gasteiger partial charge in [0.05, 0.1) is 17.1 Å². The van der Waals surface area contributed by atoms with Gasteiger partial charge in [0, 0.05) is 11.4 Å². The zero-order valence-electron chi connectivity index (χ0n) is 17.2. The normalized spacial score (nSPS) is 22.9. The van der Waals surface area contributed by atoms with Gasteiger partial charge in [0.1, 0.15) is 0 Å². The second-order valence-corrected chi connectivity index (χ2v) is 8.21. The fraction of sp³-hybridized carbons (Fsp3) is 0.571. The highest BCUT2D eigenvalue weighted by Crippen LogP contribution is 2.23. The third kappa shape index (κ3) is 4.38. The molecule has 0 saturated carbocycles. The molecule has 0 radical (unpaired) electrons. The predicted molar refractivity (Wildman–Crippen MR) is 109 cm³/mol. The summed E-state index contributed by atoms with van der Waals surface area (Å²) in [4.78, 5) is 21.8. The van der Waals surface area contributed by atoms with Gasteiger partial charge in [-0.2, -0.15) is 0 Å². The molecule has 6 heteroatoms. The number of hydrogen-bond donors (Lipinski definition) is 3. The largest absolute Gasteiger partial charge is 0.323 e. The molecule has 1 aliphatic heterocycles. The molecule has 146 valence electrons. The van der Waals surface area contributed by atoms with E-state index in [0.717, 1.165) is 29.4 Å². The Balaban J connectivity index is 1.74. The van der Waals surface area contributed by atoms with Crippen LogP contribution in [0, 0.1) is 32.6 Å². The van der Waals surface area contributed by atoms with Crippen molar-refractivity contribution in [3.8, 4) is 0 Å². The van der Waals surface area contributed by atoms with E-state index in [9.17, 15) is 4.79 Å². The van der Waals surface area contributed by atoms with Crippen molar-refractivity contribution in [2.75, 3.05) is 5.32 Å². The molecule has 1 aliphatic rings. The van der Waals surface area contributed by atoms with E-state index in [0.29, 0.717) is 11.9 Å². The van der Waals surface area contributed by atoms with Gasteiger partial charge in [0.25, 0.3) is 0 Å². The Hall–Kier alpha value is -2.21. The third-order valence-corrected chi connectivity index (χ3v) is 5.49. The lowest BCUT2D eigenvalue weighted by Crippen LogP contribution is -2.63. The van der Waals surface area contributed by atoms with E-state index in [-0.39, 0.29) is 24.2 Å². The van der Waals surface area contributed by atoms with Gasteiger partial charge in [-0.05, 0) is 63.3 Å². The monoisotopic (exact) mass is 369 g/mol. The van der Waals surface area contributed by atoms with Gasteiger partial charge in [-0.15, -0.1) is 0 Å². The Morgan fingerprint density at radius 2 is 1.85 bits per heavy atom. The van der Waals surface area contributed by atoms with E-state index in [2.05, 4.69) is 72.7 Å². The van der Waals surface area contributed by atoms with Crippen molar-refractivity contribution in [2.45, 2.75) is 66.7 Å². The average molecular weight is 370 g/mol. The highest BCUT2D eigenvalue weighted by molar-refractivity contribution is 5.84. The maximum Gasteiger partial charge on any atom is 0.227 e. The van der Waals surface area contributed by atoms with Crippen molar-refractivity contribution >= 4 is 22.8 Å². The van der Waals surface area contributed by atoms with Crippen molar-refractivity contribution in [1.29, 1.82) is 0 Å². The molecule has 1 aromatic heterocycles. The van der Waals surface area contributed by atoms with Crippen LogP contribution in [-0.2, 0) is 4.79 Å². The van der Waals surface area contributed by atoms with Crippen molar-refractivity contribution in [2.24, 2.45) is 11.8 Å². The van der Waals surface area contributed by atoms with Gasteiger partial charge >= 0.3 is 0 Å². The van der Waals surface area contributed by atoms with Crippen LogP contribution in [0.3, 0.4) is 0 Å². The molecule has 3 unspecified atom stereocenters. The Labute approximate surface area is 161 Å². The SMILES string of the molecule is Cc1cc2nc(NC3NC(=O)C(CCC(C)C)C(C)N3)nc(C)c2cc1C. The number of anilines is 1. The van der Waals surface area contributed by atoms with E-state index in [1.807, 2.05) is 6.92 Å². The fourth-order valence-electron chi connectivity index (χ4n) is 3.60. The van der Waals surface area contributed by atoms with Gasteiger partial charge in [-0.3, -0.25) is 10.1 Å². The zero-order valence-corrected chi connectivity index (χ0v) is 17.2. The van der Waals surface area contributed by atoms with Crippen LogP contribution >= 0.6 is 0 Å². The summed E-state index contributed by atoms with van der Waals surface area (Å²) in [5.74, 6) is 1.20. The number of aryl methyl sites for hydroxylation is 3. The quantitative estimate of drug-likeness (QED) is 0.753. The van der Waals surface area contributed by atoms with Crippen molar-refractivity contribution in [3.63, 3.8) is 0 Å². The first-order valence-corrected chi connectivity index (χ1v) is 9.83. The van der Waals surface area contributed by atoms with Crippen LogP contribution in [0.25, 0.3) is 10.9 Å². The lowest BCUT2D eigenvalue weighted by atomic mass is 9.90. The van der Waals surface area contributed by atoms with Crippen LogP contribution in [0.5, 0.6) is 0 Å².